The average molecular weight is 370 g/mol. The number of anilines is 1. The highest BCUT2D eigenvalue weighted by Gasteiger charge is 2.07. The van der Waals surface area contributed by atoms with Crippen LogP contribution in [0.4, 0.5) is 5.69 Å². The van der Waals surface area contributed by atoms with Gasteiger partial charge in [0, 0.05) is 34.8 Å². The molecule has 2 aromatic rings. The SMILES string of the molecule is Cn1cc(NC(=O)CCCS(=O)c2ccc(Br)cc2)cn1. The van der Waals surface area contributed by atoms with Crippen molar-refractivity contribution < 1.29 is 9.00 Å². The molecule has 5 nitrogen and oxygen atoms in total. The molecular weight excluding hydrogens is 354 g/mol. The van der Waals surface area contributed by atoms with Crippen LogP contribution in [-0.2, 0) is 22.6 Å². The van der Waals surface area contributed by atoms with E-state index in [0.717, 1.165) is 9.37 Å². The van der Waals surface area contributed by atoms with Crippen molar-refractivity contribution in [1.29, 1.82) is 0 Å². The molecule has 1 aromatic carbocycles. The zero-order valence-electron chi connectivity index (χ0n) is 11.6. The summed E-state index contributed by atoms with van der Waals surface area (Å²) in [6.45, 7) is 0. The van der Waals surface area contributed by atoms with Crippen LogP contribution in [0, 0.1) is 0 Å². The maximum absolute atomic E-state index is 12.0. The Labute approximate surface area is 134 Å². The van der Waals surface area contributed by atoms with Crippen molar-refractivity contribution in [3.05, 3.63) is 41.1 Å². The molecule has 1 aromatic heterocycles. The quantitative estimate of drug-likeness (QED) is 0.851. The standard InChI is InChI=1S/C14H16BrN3O2S/c1-18-10-12(9-16-18)17-14(19)3-2-8-21(20)13-6-4-11(15)5-7-13/h4-7,9-10H,2-3,8H2,1H3,(H,17,19). The Bertz CT molecular complexity index is 640. The number of aromatic nitrogens is 2. The second kappa shape index (κ2) is 7.51. The van der Waals surface area contributed by atoms with Crippen LogP contribution in [0.2, 0.25) is 0 Å². The molecule has 112 valence electrons. The Balaban J connectivity index is 1.74. The van der Waals surface area contributed by atoms with E-state index in [-0.39, 0.29) is 5.91 Å². The molecule has 0 aliphatic rings. The molecule has 1 atom stereocenters. The van der Waals surface area contributed by atoms with Crippen molar-refractivity contribution in [3.63, 3.8) is 0 Å². The number of amides is 1. The maximum Gasteiger partial charge on any atom is 0.224 e. The highest BCUT2D eigenvalue weighted by atomic mass is 79.9. The van der Waals surface area contributed by atoms with Gasteiger partial charge >= 0.3 is 0 Å². The van der Waals surface area contributed by atoms with E-state index in [1.54, 1.807) is 24.1 Å². The summed E-state index contributed by atoms with van der Waals surface area (Å²) in [6, 6.07) is 7.39. The number of nitrogens with one attached hydrogen (secondary N) is 1. The second-order valence-electron chi connectivity index (χ2n) is 4.56. The van der Waals surface area contributed by atoms with E-state index in [9.17, 15) is 9.00 Å². The summed E-state index contributed by atoms with van der Waals surface area (Å²) in [4.78, 5) is 12.5. The molecule has 21 heavy (non-hydrogen) atoms. The van der Waals surface area contributed by atoms with Crippen molar-refractivity contribution in [2.75, 3.05) is 11.1 Å². The summed E-state index contributed by atoms with van der Waals surface area (Å²) >= 11 is 3.34. The predicted octanol–water partition coefficient (Wildman–Crippen LogP) is 2.71. The number of carbonyl (C=O) groups is 1. The molecule has 0 aliphatic carbocycles. The molecule has 0 saturated carbocycles. The topological polar surface area (TPSA) is 64.0 Å². The first-order valence-electron chi connectivity index (χ1n) is 6.47. The summed E-state index contributed by atoms with van der Waals surface area (Å²) < 4.78 is 14.6. The summed E-state index contributed by atoms with van der Waals surface area (Å²) in [5.74, 6) is 0.387. The number of benzene rings is 1. The van der Waals surface area contributed by atoms with Gasteiger partial charge in [0.25, 0.3) is 0 Å². The van der Waals surface area contributed by atoms with Gasteiger partial charge in [-0.15, -0.1) is 0 Å². The molecule has 0 radical (unpaired) electrons. The van der Waals surface area contributed by atoms with Gasteiger partial charge in [-0.1, -0.05) is 15.9 Å². The third-order valence-electron chi connectivity index (χ3n) is 2.80. The summed E-state index contributed by atoms with van der Waals surface area (Å²) in [5, 5.41) is 6.73. The van der Waals surface area contributed by atoms with Crippen LogP contribution in [0.25, 0.3) is 0 Å². The Kier molecular flexibility index (Phi) is 5.69. The zero-order valence-corrected chi connectivity index (χ0v) is 14.0. The van der Waals surface area contributed by atoms with E-state index in [2.05, 4.69) is 26.3 Å². The van der Waals surface area contributed by atoms with Gasteiger partial charge in [0.2, 0.25) is 5.91 Å². The number of rotatable bonds is 6. The lowest BCUT2D eigenvalue weighted by Crippen LogP contribution is -2.12. The lowest BCUT2D eigenvalue weighted by molar-refractivity contribution is -0.116. The Morgan fingerprint density at radius 3 is 2.71 bits per heavy atom. The fraction of sp³-hybridized carbons (Fsp3) is 0.286. The first-order chi connectivity index (χ1) is 10.0. The minimum Gasteiger partial charge on any atom is -0.323 e. The number of halogens is 1. The Hall–Kier alpha value is -1.47. The monoisotopic (exact) mass is 369 g/mol. The van der Waals surface area contributed by atoms with Crippen LogP contribution in [0.1, 0.15) is 12.8 Å². The molecule has 0 spiro atoms. The van der Waals surface area contributed by atoms with E-state index in [0.29, 0.717) is 24.3 Å². The lowest BCUT2D eigenvalue weighted by atomic mass is 10.3. The van der Waals surface area contributed by atoms with Crippen LogP contribution in [0.3, 0.4) is 0 Å². The first kappa shape index (κ1) is 15.9. The molecular formula is C14H16BrN3O2S. The van der Waals surface area contributed by atoms with Gasteiger partial charge in [-0.2, -0.15) is 5.10 Å². The van der Waals surface area contributed by atoms with Gasteiger partial charge in [0.15, 0.2) is 0 Å². The van der Waals surface area contributed by atoms with Gasteiger partial charge < -0.3 is 5.32 Å². The zero-order chi connectivity index (χ0) is 15.2. The average Bonchev–Trinajstić information content (AvgIpc) is 2.84. The minimum absolute atomic E-state index is 0.0872. The van der Waals surface area contributed by atoms with E-state index in [1.165, 1.54) is 0 Å². The van der Waals surface area contributed by atoms with Gasteiger partial charge in [0.1, 0.15) is 0 Å². The molecule has 1 amide bonds. The number of hydrogen-bond acceptors (Lipinski definition) is 3. The van der Waals surface area contributed by atoms with Crippen molar-refractivity contribution in [2.45, 2.75) is 17.7 Å². The summed E-state index contributed by atoms with van der Waals surface area (Å²) in [5.41, 5.74) is 0.677. The molecule has 1 heterocycles. The summed E-state index contributed by atoms with van der Waals surface area (Å²) in [7, 11) is 0.721. The molecule has 0 bridgehead atoms. The fourth-order valence-corrected chi connectivity index (χ4v) is 3.12. The number of aryl methyl sites for hydroxylation is 1. The van der Waals surface area contributed by atoms with E-state index >= 15 is 0 Å². The smallest absolute Gasteiger partial charge is 0.224 e. The predicted molar refractivity (Wildman–Crippen MR) is 86.5 cm³/mol. The normalized spacial score (nSPS) is 12.1. The molecule has 0 aliphatic heterocycles. The van der Waals surface area contributed by atoms with Crippen LogP contribution in [-0.4, -0.2) is 25.6 Å². The third kappa shape index (κ3) is 5.09. The highest BCUT2D eigenvalue weighted by Crippen LogP contribution is 2.14. The maximum atomic E-state index is 12.0. The van der Waals surface area contributed by atoms with Crippen LogP contribution in [0.15, 0.2) is 46.0 Å². The molecule has 0 saturated heterocycles. The largest absolute Gasteiger partial charge is 0.323 e. The number of nitrogens with zero attached hydrogens (tertiary/aromatic N) is 2. The minimum atomic E-state index is -1.07. The van der Waals surface area contributed by atoms with Crippen LogP contribution < -0.4 is 5.32 Å². The van der Waals surface area contributed by atoms with Crippen LogP contribution in [0.5, 0.6) is 0 Å². The molecule has 7 heteroatoms. The van der Waals surface area contributed by atoms with Gasteiger partial charge in [-0.25, -0.2) is 0 Å². The number of hydrogen-bond donors (Lipinski definition) is 1. The lowest BCUT2D eigenvalue weighted by Gasteiger charge is -2.03. The van der Waals surface area contributed by atoms with Crippen molar-refractivity contribution in [2.24, 2.45) is 7.05 Å². The molecule has 1 N–H and O–H groups in total. The van der Waals surface area contributed by atoms with Crippen molar-refractivity contribution >= 4 is 38.3 Å². The molecule has 0 fully saturated rings. The Morgan fingerprint density at radius 2 is 2.10 bits per heavy atom. The van der Waals surface area contributed by atoms with E-state index in [4.69, 9.17) is 0 Å². The van der Waals surface area contributed by atoms with Gasteiger partial charge in [-0.3, -0.25) is 13.7 Å². The third-order valence-corrected chi connectivity index (χ3v) is 4.78. The van der Waals surface area contributed by atoms with Gasteiger partial charge in [-0.05, 0) is 30.7 Å². The highest BCUT2D eigenvalue weighted by molar-refractivity contribution is 9.10. The fourth-order valence-electron chi connectivity index (χ4n) is 1.78. The second-order valence-corrected chi connectivity index (χ2v) is 7.04. The Morgan fingerprint density at radius 1 is 1.38 bits per heavy atom. The molecule has 2 rings (SSSR count). The van der Waals surface area contributed by atoms with Crippen molar-refractivity contribution in [3.8, 4) is 0 Å². The number of carbonyl (C=O) groups excluding carboxylic acids is 1. The van der Waals surface area contributed by atoms with Crippen LogP contribution >= 0.6 is 15.9 Å². The van der Waals surface area contributed by atoms with E-state index in [1.807, 2.05) is 24.3 Å². The summed E-state index contributed by atoms with van der Waals surface area (Å²) in [6.07, 6.45) is 4.25. The van der Waals surface area contributed by atoms with E-state index < -0.39 is 10.8 Å². The van der Waals surface area contributed by atoms with Gasteiger partial charge in [0.05, 0.1) is 22.7 Å². The molecule has 1 unspecified atom stereocenters. The van der Waals surface area contributed by atoms with Crippen molar-refractivity contribution in [1.82, 2.24) is 9.78 Å². The first-order valence-corrected chi connectivity index (χ1v) is 8.58.